The van der Waals surface area contributed by atoms with Gasteiger partial charge in [-0.05, 0) is 54.1 Å². The Bertz CT molecular complexity index is 1520. The van der Waals surface area contributed by atoms with E-state index in [1.54, 1.807) is 66.7 Å². The Morgan fingerprint density at radius 2 is 1.69 bits per heavy atom. The van der Waals surface area contributed by atoms with Crippen LogP contribution < -0.4 is 25.5 Å². The summed E-state index contributed by atoms with van der Waals surface area (Å²) in [5.41, 5.74) is 4.16. The molecular formula is C25H18Cl2N4O5. The van der Waals surface area contributed by atoms with Gasteiger partial charge in [-0.1, -0.05) is 41.4 Å². The number of halogens is 2. The number of anilines is 1. The summed E-state index contributed by atoms with van der Waals surface area (Å²) in [6.07, 6.45) is 0. The molecule has 1 aromatic heterocycles. The fourth-order valence-corrected chi connectivity index (χ4v) is 4.05. The molecule has 1 aliphatic rings. The number of fused-ring (bicyclic) bond motifs is 2. The lowest BCUT2D eigenvalue weighted by Gasteiger charge is -2.13. The number of carbonyl (C=O) groups is 3. The van der Waals surface area contributed by atoms with Crippen molar-refractivity contribution in [1.29, 1.82) is 0 Å². The molecule has 182 valence electrons. The molecule has 0 fully saturated rings. The molecule has 9 nitrogen and oxygen atoms in total. The van der Waals surface area contributed by atoms with Crippen LogP contribution >= 0.6 is 23.2 Å². The number of carbonyl (C=O) groups excluding carboxylic acids is 3. The molecule has 0 bridgehead atoms. The summed E-state index contributed by atoms with van der Waals surface area (Å²) in [4.78, 5) is 38.4. The first kappa shape index (κ1) is 23.5. The lowest BCUT2D eigenvalue weighted by Crippen LogP contribution is -2.39. The number of rotatable bonds is 5. The topological polar surface area (TPSA) is 111 Å². The fraction of sp³-hybridized carbons (Fsp3) is 0.0800. The molecule has 0 spiro atoms. The Hall–Kier alpha value is -4.21. The van der Waals surface area contributed by atoms with E-state index >= 15 is 0 Å². The number of para-hydroxylation sites is 1. The Kier molecular flexibility index (Phi) is 6.41. The standard InChI is InChI=1S/C25H18Cl2N4O5/c26-16-6-7-19-15(10-16)11-20(23(32)29-18-4-2-1-3-17(18)27)31(19)30-25(34)24(33)28-12-14-5-8-21-22(9-14)36-13-35-21/h1-11H,12-13H2,(H,28,33)(H,29,32)(H,30,34). The van der Waals surface area contributed by atoms with Crippen molar-refractivity contribution in [3.63, 3.8) is 0 Å². The third kappa shape index (κ3) is 4.79. The lowest BCUT2D eigenvalue weighted by atomic mass is 10.2. The quantitative estimate of drug-likeness (QED) is 0.337. The van der Waals surface area contributed by atoms with Crippen LogP contribution in [-0.2, 0) is 16.1 Å². The third-order valence-electron chi connectivity index (χ3n) is 5.43. The third-order valence-corrected chi connectivity index (χ3v) is 5.99. The molecule has 0 unspecified atom stereocenters. The highest BCUT2D eigenvalue weighted by Crippen LogP contribution is 2.32. The highest BCUT2D eigenvalue weighted by Gasteiger charge is 2.22. The summed E-state index contributed by atoms with van der Waals surface area (Å²) in [7, 11) is 0. The van der Waals surface area contributed by atoms with E-state index in [9.17, 15) is 14.4 Å². The average Bonchev–Trinajstić information content (AvgIpc) is 3.48. The molecule has 3 amide bonds. The molecule has 0 radical (unpaired) electrons. The predicted octanol–water partition coefficient (Wildman–Crippen LogP) is 4.32. The Morgan fingerprint density at radius 1 is 0.889 bits per heavy atom. The molecule has 11 heteroatoms. The van der Waals surface area contributed by atoms with Crippen LogP contribution in [0, 0.1) is 0 Å². The maximum absolute atomic E-state index is 13.1. The normalized spacial score (nSPS) is 11.8. The summed E-state index contributed by atoms with van der Waals surface area (Å²) in [5.74, 6) is -1.21. The largest absolute Gasteiger partial charge is 0.454 e. The fourth-order valence-electron chi connectivity index (χ4n) is 3.69. The molecule has 4 aromatic rings. The molecule has 0 saturated carbocycles. The van der Waals surface area contributed by atoms with Crippen LogP contribution in [-0.4, -0.2) is 29.2 Å². The molecule has 0 aliphatic carbocycles. The summed E-state index contributed by atoms with van der Waals surface area (Å²) >= 11 is 12.3. The van der Waals surface area contributed by atoms with Crippen molar-refractivity contribution in [2.75, 3.05) is 17.5 Å². The van der Waals surface area contributed by atoms with E-state index < -0.39 is 17.7 Å². The van der Waals surface area contributed by atoms with Gasteiger partial charge in [-0.25, -0.2) is 4.68 Å². The Morgan fingerprint density at radius 3 is 2.53 bits per heavy atom. The minimum absolute atomic E-state index is 0.0732. The van der Waals surface area contributed by atoms with Gasteiger partial charge in [-0.15, -0.1) is 0 Å². The molecule has 3 N–H and O–H groups in total. The van der Waals surface area contributed by atoms with Crippen LogP contribution in [0.2, 0.25) is 10.0 Å². The first-order chi connectivity index (χ1) is 17.4. The van der Waals surface area contributed by atoms with E-state index in [1.165, 1.54) is 4.68 Å². The van der Waals surface area contributed by atoms with E-state index in [0.717, 1.165) is 5.56 Å². The second kappa shape index (κ2) is 9.80. The lowest BCUT2D eigenvalue weighted by molar-refractivity contribution is -0.136. The first-order valence-corrected chi connectivity index (χ1v) is 11.5. The second-order valence-electron chi connectivity index (χ2n) is 7.81. The van der Waals surface area contributed by atoms with Crippen LogP contribution in [0.5, 0.6) is 11.5 Å². The molecule has 0 saturated heterocycles. The van der Waals surface area contributed by atoms with Gasteiger partial charge in [0, 0.05) is 17.0 Å². The number of benzene rings is 3. The highest BCUT2D eigenvalue weighted by molar-refractivity contribution is 6.38. The van der Waals surface area contributed by atoms with Gasteiger partial charge >= 0.3 is 11.8 Å². The maximum atomic E-state index is 13.1. The number of ether oxygens (including phenoxy) is 2. The monoisotopic (exact) mass is 524 g/mol. The van der Waals surface area contributed by atoms with Gasteiger partial charge in [0.05, 0.1) is 16.2 Å². The number of hydrogen-bond donors (Lipinski definition) is 3. The van der Waals surface area contributed by atoms with Gasteiger partial charge in [0.25, 0.3) is 5.91 Å². The van der Waals surface area contributed by atoms with Gasteiger partial charge in [0.15, 0.2) is 11.5 Å². The molecule has 36 heavy (non-hydrogen) atoms. The number of amides is 3. The number of nitrogens with zero attached hydrogens (tertiary/aromatic N) is 1. The molecule has 5 rings (SSSR count). The van der Waals surface area contributed by atoms with Crippen molar-refractivity contribution < 1.29 is 23.9 Å². The molecule has 2 heterocycles. The first-order valence-electron chi connectivity index (χ1n) is 10.7. The zero-order chi connectivity index (χ0) is 25.2. The van der Waals surface area contributed by atoms with Crippen molar-refractivity contribution in [2.45, 2.75) is 6.54 Å². The van der Waals surface area contributed by atoms with Crippen molar-refractivity contribution in [3.05, 3.63) is 88.0 Å². The van der Waals surface area contributed by atoms with E-state index in [-0.39, 0.29) is 19.0 Å². The van der Waals surface area contributed by atoms with Gasteiger partial charge in [0.1, 0.15) is 5.69 Å². The predicted molar refractivity (Wildman–Crippen MR) is 135 cm³/mol. The molecule has 1 aliphatic heterocycles. The van der Waals surface area contributed by atoms with Gasteiger partial charge in [-0.3, -0.25) is 19.8 Å². The maximum Gasteiger partial charge on any atom is 0.328 e. The van der Waals surface area contributed by atoms with Crippen molar-refractivity contribution in [3.8, 4) is 11.5 Å². The number of nitrogens with one attached hydrogen (secondary N) is 3. The number of aromatic nitrogens is 1. The van der Waals surface area contributed by atoms with E-state index in [2.05, 4.69) is 16.1 Å². The Labute approximate surface area is 214 Å². The van der Waals surface area contributed by atoms with E-state index in [1.807, 2.05) is 0 Å². The highest BCUT2D eigenvalue weighted by atomic mass is 35.5. The zero-order valence-electron chi connectivity index (χ0n) is 18.5. The van der Waals surface area contributed by atoms with Crippen LogP contribution in [0.4, 0.5) is 5.69 Å². The minimum Gasteiger partial charge on any atom is -0.454 e. The number of hydrogen-bond acceptors (Lipinski definition) is 5. The molecule has 3 aromatic carbocycles. The van der Waals surface area contributed by atoms with Crippen LogP contribution in [0.1, 0.15) is 16.1 Å². The van der Waals surface area contributed by atoms with Crippen molar-refractivity contribution in [2.24, 2.45) is 0 Å². The Balaban J connectivity index is 1.35. The van der Waals surface area contributed by atoms with Crippen LogP contribution in [0.15, 0.2) is 66.7 Å². The SMILES string of the molecule is O=C(NCc1ccc2c(c1)OCO2)C(=O)Nn1c(C(=O)Nc2ccccc2Cl)cc2cc(Cl)ccc21. The van der Waals surface area contributed by atoms with Crippen molar-refractivity contribution in [1.82, 2.24) is 9.99 Å². The van der Waals surface area contributed by atoms with E-state index in [4.69, 9.17) is 32.7 Å². The van der Waals surface area contributed by atoms with Gasteiger partial charge in [-0.2, -0.15) is 0 Å². The van der Waals surface area contributed by atoms with Gasteiger partial charge < -0.3 is 20.1 Å². The minimum atomic E-state index is -0.963. The summed E-state index contributed by atoms with van der Waals surface area (Å²) in [5, 5.41) is 6.66. The van der Waals surface area contributed by atoms with Gasteiger partial charge in [0.2, 0.25) is 6.79 Å². The zero-order valence-corrected chi connectivity index (χ0v) is 20.0. The smallest absolute Gasteiger partial charge is 0.328 e. The molecular weight excluding hydrogens is 507 g/mol. The van der Waals surface area contributed by atoms with Crippen molar-refractivity contribution >= 4 is 57.5 Å². The summed E-state index contributed by atoms with van der Waals surface area (Å²) < 4.78 is 11.8. The van der Waals surface area contributed by atoms with Crippen LogP contribution in [0.25, 0.3) is 10.9 Å². The summed E-state index contributed by atoms with van der Waals surface area (Å²) in [6.45, 7) is 0.223. The molecule has 0 atom stereocenters. The van der Waals surface area contributed by atoms with Crippen LogP contribution in [0.3, 0.4) is 0 Å². The van der Waals surface area contributed by atoms with E-state index in [0.29, 0.717) is 38.1 Å². The average molecular weight is 525 g/mol. The second-order valence-corrected chi connectivity index (χ2v) is 8.66. The summed E-state index contributed by atoms with van der Waals surface area (Å²) in [6, 6.07) is 18.4.